The highest BCUT2D eigenvalue weighted by Crippen LogP contribution is 2.26. The Bertz CT molecular complexity index is 510. The topological polar surface area (TPSA) is 79.2 Å². The van der Waals surface area contributed by atoms with Gasteiger partial charge in [-0.2, -0.15) is 0 Å². The molecular formula is C14H19FN4O. The molecule has 2 fully saturated rings. The number of hydrogen-bond donors (Lipinski definition) is 4. The van der Waals surface area contributed by atoms with Crippen LogP contribution in [0.4, 0.5) is 4.39 Å². The maximum Gasteiger partial charge on any atom is 0.226 e. The molecule has 108 valence electrons. The Kier molecular flexibility index (Phi) is 3.69. The second kappa shape index (κ2) is 5.47. The molecule has 1 aromatic rings. The fraction of sp³-hybridized carbons (Fsp3) is 0.500. The van der Waals surface area contributed by atoms with Gasteiger partial charge in [0.25, 0.3) is 0 Å². The van der Waals surface area contributed by atoms with Crippen LogP contribution in [-0.4, -0.2) is 24.5 Å². The molecule has 2 aliphatic rings. The number of benzene rings is 1. The van der Waals surface area contributed by atoms with Crippen molar-refractivity contribution >= 4 is 5.91 Å². The zero-order valence-electron chi connectivity index (χ0n) is 11.1. The number of carbonyl (C=O) groups excluding carboxylic acids is 1. The van der Waals surface area contributed by atoms with Crippen LogP contribution in [0.1, 0.15) is 24.4 Å². The van der Waals surface area contributed by atoms with Crippen molar-refractivity contribution in [1.82, 2.24) is 16.2 Å². The first-order chi connectivity index (χ1) is 9.65. The lowest BCUT2D eigenvalue weighted by Gasteiger charge is -2.35. The Morgan fingerprint density at radius 2 is 2.25 bits per heavy atom. The highest BCUT2D eigenvalue weighted by molar-refractivity contribution is 5.80. The number of hydrazine groups is 1. The van der Waals surface area contributed by atoms with Crippen molar-refractivity contribution in [2.45, 2.75) is 31.0 Å². The van der Waals surface area contributed by atoms with Crippen molar-refractivity contribution in [3.8, 4) is 0 Å². The van der Waals surface area contributed by atoms with Crippen molar-refractivity contribution in [2.75, 3.05) is 6.54 Å². The average Bonchev–Trinajstić information content (AvgIpc) is 2.92. The highest BCUT2D eigenvalue weighted by atomic mass is 19.1. The number of nitrogens with two attached hydrogens (primary N) is 1. The van der Waals surface area contributed by atoms with Gasteiger partial charge in [0, 0.05) is 18.6 Å². The van der Waals surface area contributed by atoms with E-state index in [1.54, 1.807) is 6.07 Å². The van der Waals surface area contributed by atoms with Gasteiger partial charge >= 0.3 is 0 Å². The third-order valence-corrected chi connectivity index (χ3v) is 4.18. The molecule has 1 aliphatic heterocycles. The van der Waals surface area contributed by atoms with Gasteiger partial charge in [-0.05, 0) is 30.5 Å². The first kappa shape index (κ1) is 13.5. The van der Waals surface area contributed by atoms with E-state index in [-0.39, 0.29) is 35.8 Å². The molecule has 0 aromatic heterocycles. The summed E-state index contributed by atoms with van der Waals surface area (Å²) in [6, 6.07) is 6.26. The van der Waals surface area contributed by atoms with Crippen molar-refractivity contribution in [1.29, 1.82) is 0 Å². The smallest absolute Gasteiger partial charge is 0.226 e. The lowest BCUT2D eigenvalue weighted by atomic mass is 9.86. The Balaban J connectivity index is 1.70. The molecule has 3 rings (SSSR count). The van der Waals surface area contributed by atoms with Crippen molar-refractivity contribution in [2.24, 2.45) is 11.7 Å². The second-order valence-corrected chi connectivity index (χ2v) is 5.52. The normalized spacial score (nSPS) is 32.7. The summed E-state index contributed by atoms with van der Waals surface area (Å²) in [6.07, 6.45) is 1.89. The number of nitrogens with one attached hydrogen (secondary N) is 3. The molecule has 20 heavy (non-hydrogen) atoms. The lowest BCUT2D eigenvalue weighted by Crippen LogP contribution is -2.56. The number of halogens is 1. The Morgan fingerprint density at radius 1 is 1.40 bits per heavy atom. The van der Waals surface area contributed by atoms with Gasteiger partial charge in [0.15, 0.2) is 0 Å². The minimum atomic E-state index is -0.295. The quantitative estimate of drug-likeness (QED) is 0.637. The molecule has 1 aromatic carbocycles. The largest absolute Gasteiger partial charge is 0.351 e. The van der Waals surface area contributed by atoms with Crippen LogP contribution in [0.3, 0.4) is 0 Å². The Labute approximate surface area is 117 Å². The summed E-state index contributed by atoms with van der Waals surface area (Å²) < 4.78 is 13.3. The van der Waals surface area contributed by atoms with Crippen LogP contribution in [0.15, 0.2) is 24.3 Å². The van der Waals surface area contributed by atoms with Crippen LogP contribution >= 0.6 is 0 Å². The van der Waals surface area contributed by atoms with Gasteiger partial charge in [0.1, 0.15) is 5.82 Å². The molecule has 1 amide bonds. The van der Waals surface area contributed by atoms with Crippen molar-refractivity contribution in [3.63, 3.8) is 0 Å². The molecule has 1 aliphatic carbocycles. The molecule has 2 unspecified atom stereocenters. The Hall–Kier alpha value is -1.50. The van der Waals surface area contributed by atoms with Gasteiger partial charge in [-0.15, -0.1) is 0 Å². The van der Waals surface area contributed by atoms with Crippen LogP contribution in [0.2, 0.25) is 0 Å². The molecule has 0 radical (unpaired) electrons. The average molecular weight is 278 g/mol. The molecule has 1 saturated heterocycles. The predicted molar refractivity (Wildman–Crippen MR) is 72.9 cm³/mol. The lowest BCUT2D eigenvalue weighted by molar-refractivity contribution is -0.126. The highest BCUT2D eigenvalue weighted by Gasteiger charge is 2.37. The van der Waals surface area contributed by atoms with E-state index in [9.17, 15) is 9.18 Å². The minimum absolute atomic E-state index is 0.0306. The van der Waals surface area contributed by atoms with Gasteiger partial charge in [-0.1, -0.05) is 12.1 Å². The summed E-state index contributed by atoms with van der Waals surface area (Å²) in [5.74, 6) is -0.585. The fourth-order valence-electron chi connectivity index (χ4n) is 2.75. The van der Waals surface area contributed by atoms with Gasteiger partial charge in [0.05, 0.1) is 12.0 Å². The molecule has 5 nitrogen and oxygen atoms in total. The molecule has 0 spiro atoms. The molecule has 5 N–H and O–H groups in total. The van der Waals surface area contributed by atoms with Gasteiger partial charge < -0.3 is 11.1 Å². The standard InChI is InChI=1S/C14H19FN4O/c15-9-3-1-2-8(6-9)13-10(7-17-19-13)14(20)18-12-5-4-11(12)16/h1-3,6,10-13,17,19H,4-5,7,16H2,(H,18,20)/t10?,11-,12+,13?/m1/s1. The maximum absolute atomic E-state index is 13.3. The number of carbonyl (C=O) groups is 1. The monoisotopic (exact) mass is 278 g/mol. The van der Waals surface area contributed by atoms with Crippen molar-refractivity contribution < 1.29 is 9.18 Å². The van der Waals surface area contributed by atoms with E-state index < -0.39 is 0 Å². The zero-order chi connectivity index (χ0) is 14.1. The number of rotatable bonds is 3. The fourth-order valence-corrected chi connectivity index (χ4v) is 2.75. The number of amides is 1. The summed E-state index contributed by atoms with van der Waals surface area (Å²) >= 11 is 0. The van der Waals surface area contributed by atoms with Gasteiger partial charge in [0.2, 0.25) is 5.91 Å². The summed E-state index contributed by atoms with van der Waals surface area (Å²) in [5.41, 5.74) is 12.6. The molecule has 0 bridgehead atoms. The molecule has 4 atom stereocenters. The van der Waals surface area contributed by atoms with Crippen LogP contribution in [0.5, 0.6) is 0 Å². The third-order valence-electron chi connectivity index (χ3n) is 4.18. The van der Waals surface area contributed by atoms with Crippen LogP contribution in [0.25, 0.3) is 0 Å². The first-order valence-electron chi connectivity index (χ1n) is 6.95. The molecule has 6 heteroatoms. The van der Waals surface area contributed by atoms with E-state index >= 15 is 0 Å². The van der Waals surface area contributed by atoms with E-state index in [4.69, 9.17) is 5.73 Å². The molecule has 1 saturated carbocycles. The maximum atomic E-state index is 13.3. The van der Waals surface area contributed by atoms with Crippen LogP contribution in [0, 0.1) is 11.7 Å². The van der Waals surface area contributed by atoms with Crippen LogP contribution < -0.4 is 21.9 Å². The van der Waals surface area contributed by atoms with E-state index in [1.807, 2.05) is 6.07 Å². The number of hydrogen-bond acceptors (Lipinski definition) is 4. The SMILES string of the molecule is N[C@@H]1CC[C@@H]1NC(=O)C1CNNC1c1cccc(F)c1. The second-order valence-electron chi connectivity index (χ2n) is 5.52. The van der Waals surface area contributed by atoms with E-state index in [0.29, 0.717) is 6.54 Å². The van der Waals surface area contributed by atoms with E-state index in [0.717, 1.165) is 18.4 Å². The Morgan fingerprint density at radius 3 is 2.90 bits per heavy atom. The third kappa shape index (κ3) is 2.54. The molecule has 1 heterocycles. The minimum Gasteiger partial charge on any atom is -0.351 e. The summed E-state index contributed by atoms with van der Waals surface area (Å²) in [5, 5.41) is 2.98. The zero-order valence-corrected chi connectivity index (χ0v) is 11.1. The van der Waals surface area contributed by atoms with Gasteiger partial charge in [-0.3, -0.25) is 10.2 Å². The van der Waals surface area contributed by atoms with E-state index in [1.165, 1.54) is 12.1 Å². The molecular weight excluding hydrogens is 259 g/mol. The van der Waals surface area contributed by atoms with Crippen molar-refractivity contribution in [3.05, 3.63) is 35.6 Å². The predicted octanol–water partition coefficient (Wildman–Crippen LogP) is 0.197. The van der Waals surface area contributed by atoms with Gasteiger partial charge in [-0.25, -0.2) is 9.82 Å². The summed E-state index contributed by atoms with van der Waals surface area (Å²) in [7, 11) is 0. The first-order valence-corrected chi connectivity index (χ1v) is 6.95. The summed E-state index contributed by atoms with van der Waals surface area (Å²) in [4.78, 5) is 12.3. The van der Waals surface area contributed by atoms with Crippen LogP contribution in [-0.2, 0) is 4.79 Å². The summed E-state index contributed by atoms with van der Waals surface area (Å²) in [6.45, 7) is 0.523. The van der Waals surface area contributed by atoms with E-state index in [2.05, 4.69) is 16.2 Å².